The third-order valence-corrected chi connectivity index (χ3v) is 4.45. The molecular weight excluding hydrogens is 320 g/mol. The van der Waals surface area contributed by atoms with Crippen LogP contribution in [0.1, 0.15) is 46.0 Å². The van der Waals surface area contributed by atoms with Gasteiger partial charge < -0.3 is 20.5 Å². The second-order valence-electron chi connectivity index (χ2n) is 6.78. The predicted octanol–water partition coefficient (Wildman–Crippen LogP) is 2.86. The SMILES string of the molecule is CCCO[C@@]1(C(=O)Nc2ccc(OCC(N)=O)cc2)CCC[C@H](C)C1. The van der Waals surface area contributed by atoms with Crippen LogP contribution >= 0.6 is 0 Å². The van der Waals surface area contributed by atoms with E-state index in [4.69, 9.17) is 15.2 Å². The molecule has 1 aromatic rings. The van der Waals surface area contributed by atoms with Crippen molar-refractivity contribution < 1.29 is 19.1 Å². The minimum atomic E-state index is -0.741. The molecule has 138 valence electrons. The Labute approximate surface area is 149 Å². The van der Waals surface area contributed by atoms with Crippen LogP contribution in [0.15, 0.2) is 24.3 Å². The number of benzene rings is 1. The van der Waals surface area contributed by atoms with E-state index in [9.17, 15) is 9.59 Å². The molecule has 0 saturated heterocycles. The van der Waals surface area contributed by atoms with Crippen molar-refractivity contribution in [1.82, 2.24) is 0 Å². The number of carbonyl (C=O) groups is 2. The zero-order valence-corrected chi connectivity index (χ0v) is 15.0. The molecule has 0 heterocycles. The number of hydrogen-bond acceptors (Lipinski definition) is 4. The topological polar surface area (TPSA) is 90.7 Å². The molecular formula is C19H28N2O4. The standard InChI is InChI=1S/C19H28N2O4/c1-3-11-25-19(10-4-5-14(2)12-19)18(23)21-15-6-8-16(9-7-15)24-13-17(20)22/h6-9,14H,3-5,10-13H2,1-2H3,(H2,20,22)(H,21,23)/t14-,19-/m0/s1. The van der Waals surface area contributed by atoms with Gasteiger partial charge in [0.1, 0.15) is 11.4 Å². The van der Waals surface area contributed by atoms with Gasteiger partial charge in [-0.15, -0.1) is 0 Å². The molecule has 2 rings (SSSR count). The van der Waals surface area contributed by atoms with Crippen LogP contribution in [0.3, 0.4) is 0 Å². The monoisotopic (exact) mass is 348 g/mol. The third kappa shape index (κ3) is 5.46. The highest BCUT2D eigenvalue weighted by molar-refractivity contribution is 5.97. The van der Waals surface area contributed by atoms with Crippen molar-refractivity contribution >= 4 is 17.5 Å². The van der Waals surface area contributed by atoms with Crippen molar-refractivity contribution in [2.75, 3.05) is 18.5 Å². The van der Waals surface area contributed by atoms with Crippen LogP contribution in [0, 0.1) is 5.92 Å². The molecule has 0 bridgehead atoms. The summed E-state index contributed by atoms with van der Waals surface area (Å²) in [5.74, 6) is 0.387. The maximum Gasteiger partial charge on any atom is 0.256 e. The molecule has 1 aliphatic rings. The van der Waals surface area contributed by atoms with Crippen LogP contribution in [0.4, 0.5) is 5.69 Å². The van der Waals surface area contributed by atoms with Crippen molar-refractivity contribution in [2.45, 2.75) is 51.6 Å². The van der Waals surface area contributed by atoms with Crippen LogP contribution in [0.25, 0.3) is 0 Å². The molecule has 3 N–H and O–H groups in total. The van der Waals surface area contributed by atoms with Crippen LogP contribution in [-0.4, -0.2) is 30.6 Å². The molecule has 1 fully saturated rings. The molecule has 1 saturated carbocycles. The minimum Gasteiger partial charge on any atom is -0.484 e. The maximum atomic E-state index is 12.9. The van der Waals surface area contributed by atoms with Crippen LogP contribution in [0.5, 0.6) is 5.75 Å². The van der Waals surface area contributed by atoms with E-state index >= 15 is 0 Å². The smallest absolute Gasteiger partial charge is 0.256 e. The number of ether oxygens (including phenoxy) is 2. The van der Waals surface area contributed by atoms with Crippen molar-refractivity contribution in [3.05, 3.63) is 24.3 Å². The lowest BCUT2D eigenvalue weighted by molar-refractivity contribution is -0.148. The van der Waals surface area contributed by atoms with E-state index in [1.165, 1.54) is 0 Å². The van der Waals surface area contributed by atoms with Gasteiger partial charge in [0.15, 0.2) is 6.61 Å². The molecule has 2 atom stereocenters. The normalized spacial score (nSPS) is 23.0. The molecule has 0 aliphatic heterocycles. The second kappa shape index (κ2) is 8.85. The lowest BCUT2D eigenvalue weighted by Gasteiger charge is -2.38. The number of hydrogen-bond donors (Lipinski definition) is 2. The molecule has 2 amide bonds. The Balaban J connectivity index is 2.03. The fourth-order valence-electron chi connectivity index (χ4n) is 3.24. The Hall–Kier alpha value is -2.08. The van der Waals surface area contributed by atoms with Gasteiger partial charge >= 0.3 is 0 Å². The van der Waals surface area contributed by atoms with Crippen molar-refractivity contribution in [3.63, 3.8) is 0 Å². The number of nitrogens with two attached hydrogens (primary N) is 1. The highest BCUT2D eigenvalue weighted by Gasteiger charge is 2.42. The van der Waals surface area contributed by atoms with Crippen molar-refractivity contribution in [2.24, 2.45) is 11.7 Å². The average molecular weight is 348 g/mol. The first-order chi connectivity index (χ1) is 11.9. The predicted molar refractivity (Wildman–Crippen MR) is 96.4 cm³/mol. The number of nitrogens with one attached hydrogen (secondary N) is 1. The fourth-order valence-corrected chi connectivity index (χ4v) is 3.24. The average Bonchev–Trinajstić information content (AvgIpc) is 2.59. The van der Waals surface area contributed by atoms with E-state index in [2.05, 4.69) is 12.2 Å². The summed E-state index contributed by atoms with van der Waals surface area (Å²) in [4.78, 5) is 23.6. The van der Waals surface area contributed by atoms with Gasteiger partial charge in [-0.25, -0.2) is 0 Å². The zero-order valence-electron chi connectivity index (χ0n) is 15.0. The Kier molecular flexibility index (Phi) is 6.82. The summed E-state index contributed by atoms with van der Waals surface area (Å²) in [5, 5.41) is 2.96. The van der Waals surface area contributed by atoms with Gasteiger partial charge in [0.25, 0.3) is 11.8 Å². The van der Waals surface area contributed by atoms with Gasteiger partial charge in [0.05, 0.1) is 0 Å². The Bertz CT molecular complexity index is 588. The molecule has 1 aromatic carbocycles. The van der Waals surface area contributed by atoms with E-state index < -0.39 is 11.5 Å². The van der Waals surface area contributed by atoms with Crippen molar-refractivity contribution in [1.29, 1.82) is 0 Å². The number of anilines is 1. The van der Waals surface area contributed by atoms with E-state index in [1.807, 2.05) is 6.92 Å². The highest BCUT2D eigenvalue weighted by atomic mass is 16.5. The number of carbonyl (C=O) groups excluding carboxylic acids is 2. The Morgan fingerprint density at radius 3 is 2.64 bits per heavy atom. The summed E-state index contributed by atoms with van der Waals surface area (Å²) in [7, 11) is 0. The molecule has 0 aromatic heterocycles. The summed E-state index contributed by atoms with van der Waals surface area (Å²) < 4.78 is 11.2. The first kappa shape index (κ1) is 19.2. The van der Waals surface area contributed by atoms with Gasteiger partial charge in [0.2, 0.25) is 0 Å². The lowest BCUT2D eigenvalue weighted by Crippen LogP contribution is -2.48. The van der Waals surface area contributed by atoms with Gasteiger partial charge in [-0.1, -0.05) is 20.3 Å². The summed E-state index contributed by atoms with van der Waals surface area (Å²) >= 11 is 0. The van der Waals surface area contributed by atoms with Gasteiger partial charge in [-0.3, -0.25) is 9.59 Å². The Morgan fingerprint density at radius 2 is 2.04 bits per heavy atom. The summed E-state index contributed by atoms with van der Waals surface area (Å²) in [6.45, 7) is 4.63. The second-order valence-corrected chi connectivity index (χ2v) is 6.78. The number of amides is 2. The van der Waals surface area contributed by atoms with E-state index in [0.717, 1.165) is 32.1 Å². The van der Waals surface area contributed by atoms with Crippen LogP contribution in [-0.2, 0) is 14.3 Å². The molecule has 0 radical (unpaired) electrons. The maximum absolute atomic E-state index is 12.9. The summed E-state index contributed by atoms with van der Waals surface area (Å²) in [5.41, 5.74) is 4.98. The third-order valence-electron chi connectivity index (χ3n) is 4.45. The lowest BCUT2D eigenvalue weighted by atomic mass is 9.78. The molecule has 1 aliphatic carbocycles. The van der Waals surface area contributed by atoms with E-state index in [0.29, 0.717) is 24.0 Å². The fraction of sp³-hybridized carbons (Fsp3) is 0.579. The number of rotatable bonds is 8. The van der Waals surface area contributed by atoms with Crippen LogP contribution < -0.4 is 15.8 Å². The summed E-state index contributed by atoms with van der Waals surface area (Å²) in [6.07, 6.45) is 4.52. The van der Waals surface area contributed by atoms with E-state index in [1.54, 1.807) is 24.3 Å². The molecule has 0 spiro atoms. The first-order valence-corrected chi connectivity index (χ1v) is 8.92. The molecule has 0 unspecified atom stereocenters. The Morgan fingerprint density at radius 1 is 1.32 bits per heavy atom. The van der Waals surface area contributed by atoms with Gasteiger partial charge in [0, 0.05) is 12.3 Å². The van der Waals surface area contributed by atoms with Crippen molar-refractivity contribution in [3.8, 4) is 5.75 Å². The van der Waals surface area contributed by atoms with E-state index in [-0.39, 0.29) is 12.5 Å². The number of primary amides is 1. The minimum absolute atomic E-state index is 0.0849. The molecule has 6 heteroatoms. The van der Waals surface area contributed by atoms with Gasteiger partial charge in [-0.05, 0) is 55.9 Å². The van der Waals surface area contributed by atoms with Gasteiger partial charge in [-0.2, -0.15) is 0 Å². The molecule has 6 nitrogen and oxygen atoms in total. The summed E-state index contributed by atoms with van der Waals surface area (Å²) in [6, 6.07) is 6.88. The quantitative estimate of drug-likeness (QED) is 0.756. The van der Waals surface area contributed by atoms with Crippen LogP contribution in [0.2, 0.25) is 0 Å². The highest BCUT2D eigenvalue weighted by Crippen LogP contribution is 2.36. The first-order valence-electron chi connectivity index (χ1n) is 8.92. The largest absolute Gasteiger partial charge is 0.484 e. The zero-order chi connectivity index (χ0) is 18.3. The molecule has 25 heavy (non-hydrogen) atoms.